The van der Waals surface area contributed by atoms with Gasteiger partial charge in [0.25, 0.3) is 0 Å². The molecule has 1 aliphatic rings. The monoisotopic (exact) mass is 336 g/mol. The van der Waals surface area contributed by atoms with Crippen molar-refractivity contribution in [3.05, 3.63) is 35.1 Å². The highest BCUT2D eigenvalue weighted by molar-refractivity contribution is 5.80. The van der Waals surface area contributed by atoms with Crippen LogP contribution < -0.4 is 10.6 Å². The molecule has 2 unspecified atom stereocenters. The van der Waals surface area contributed by atoms with Crippen molar-refractivity contribution in [3.8, 4) is 0 Å². The maximum Gasteiger partial charge on any atom is 0.191 e. The van der Waals surface area contributed by atoms with Gasteiger partial charge in [-0.25, -0.2) is 4.39 Å². The third-order valence-electron chi connectivity index (χ3n) is 4.66. The van der Waals surface area contributed by atoms with Gasteiger partial charge in [-0.05, 0) is 37.5 Å². The van der Waals surface area contributed by atoms with E-state index in [1.165, 1.54) is 6.07 Å². The molecule has 0 spiro atoms. The third-order valence-corrected chi connectivity index (χ3v) is 4.66. The molecule has 2 rings (SSSR count). The van der Waals surface area contributed by atoms with Gasteiger partial charge < -0.3 is 15.7 Å². The molecule has 134 valence electrons. The van der Waals surface area contributed by atoms with E-state index in [4.69, 9.17) is 5.11 Å². The number of benzene rings is 1. The van der Waals surface area contributed by atoms with Crippen LogP contribution in [0.15, 0.2) is 23.2 Å². The summed E-state index contributed by atoms with van der Waals surface area (Å²) >= 11 is 0. The van der Waals surface area contributed by atoms with Crippen molar-refractivity contribution in [2.45, 2.75) is 46.0 Å². The number of aliphatic hydroxyl groups is 1. The first-order valence-corrected chi connectivity index (χ1v) is 8.54. The van der Waals surface area contributed by atoms with Gasteiger partial charge >= 0.3 is 0 Å². The number of hydrogen-bond donors (Lipinski definition) is 3. The summed E-state index contributed by atoms with van der Waals surface area (Å²) in [6.45, 7) is 9.01. The number of halogens is 1. The number of aliphatic imine (C=N–C) groups is 1. The second kappa shape index (κ2) is 8.44. The second-order valence-corrected chi connectivity index (χ2v) is 6.79. The summed E-state index contributed by atoms with van der Waals surface area (Å²) in [5, 5.41) is 15.9. The molecule has 1 saturated heterocycles. The number of nitrogens with zero attached hydrogens (tertiary/aromatic N) is 2. The lowest BCUT2D eigenvalue weighted by molar-refractivity contribution is 0.265. The van der Waals surface area contributed by atoms with Gasteiger partial charge in [0.15, 0.2) is 5.96 Å². The minimum atomic E-state index is -0.377. The standard InChI is InChI=1S/C18H29FN4O/c1-12(2)23-9-13(3)17(10-23)22-18(20-4)21-8-14-5-6-16(19)15(7-14)11-24/h5-7,12-13,17,24H,8-11H2,1-4H3,(H2,20,21,22). The Morgan fingerprint density at radius 1 is 1.42 bits per heavy atom. The van der Waals surface area contributed by atoms with E-state index in [0.29, 0.717) is 30.1 Å². The van der Waals surface area contributed by atoms with Gasteiger partial charge in [-0.15, -0.1) is 0 Å². The van der Waals surface area contributed by atoms with Crippen molar-refractivity contribution in [3.63, 3.8) is 0 Å². The number of aliphatic hydroxyl groups excluding tert-OH is 1. The summed E-state index contributed by atoms with van der Waals surface area (Å²) in [6, 6.07) is 5.69. The predicted molar refractivity (Wildman–Crippen MR) is 95.3 cm³/mol. The molecule has 1 fully saturated rings. The van der Waals surface area contributed by atoms with Gasteiger partial charge in [-0.3, -0.25) is 9.89 Å². The summed E-state index contributed by atoms with van der Waals surface area (Å²) in [7, 11) is 1.75. The van der Waals surface area contributed by atoms with Crippen LogP contribution in [0, 0.1) is 11.7 Å². The Hall–Kier alpha value is -1.66. The fourth-order valence-electron chi connectivity index (χ4n) is 3.03. The molecule has 0 aliphatic carbocycles. The van der Waals surface area contributed by atoms with E-state index in [2.05, 4.69) is 41.3 Å². The molecule has 0 aromatic heterocycles. The average Bonchev–Trinajstić information content (AvgIpc) is 2.93. The number of rotatable bonds is 5. The van der Waals surface area contributed by atoms with E-state index < -0.39 is 0 Å². The first kappa shape index (κ1) is 18.7. The summed E-state index contributed by atoms with van der Waals surface area (Å²) < 4.78 is 13.4. The molecule has 1 aliphatic heterocycles. The van der Waals surface area contributed by atoms with Crippen molar-refractivity contribution in [2.24, 2.45) is 10.9 Å². The molecule has 0 saturated carbocycles. The Kier molecular flexibility index (Phi) is 6.57. The minimum absolute atomic E-state index is 0.294. The van der Waals surface area contributed by atoms with Crippen LogP contribution >= 0.6 is 0 Å². The molecule has 1 heterocycles. The zero-order valence-electron chi connectivity index (χ0n) is 15.0. The Morgan fingerprint density at radius 3 is 2.75 bits per heavy atom. The number of guanidine groups is 1. The molecular formula is C18H29FN4O. The van der Waals surface area contributed by atoms with E-state index >= 15 is 0 Å². The maximum atomic E-state index is 13.4. The highest BCUT2D eigenvalue weighted by atomic mass is 19.1. The van der Waals surface area contributed by atoms with Crippen LogP contribution in [0.25, 0.3) is 0 Å². The van der Waals surface area contributed by atoms with E-state index in [-0.39, 0.29) is 12.4 Å². The Morgan fingerprint density at radius 2 is 2.17 bits per heavy atom. The van der Waals surface area contributed by atoms with E-state index in [9.17, 15) is 4.39 Å². The first-order valence-electron chi connectivity index (χ1n) is 8.54. The van der Waals surface area contributed by atoms with Crippen LogP contribution in [0.2, 0.25) is 0 Å². The predicted octanol–water partition coefficient (Wildman–Crippen LogP) is 1.71. The summed E-state index contributed by atoms with van der Waals surface area (Å²) in [5.41, 5.74) is 1.22. The lowest BCUT2D eigenvalue weighted by Gasteiger charge is -2.22. The zero-order chi connectivity index (χ0) is 17.7. The topological polar surface area (TPSA) is 59.9 Å². The lowest BCUT2D eigenvalue weighted by Crippen LogP contribution is -2.46. The number of likely N-dealkylation sites (tertiary alicyclic amines) is 1. The zero-order valence-corrected chi connectivity index (χ0v) is 15.0. The summed E-state index contributed by atoms with van der Waals surface area (Å²) in [4.78, 5) is 6.74. The van der Waals surface area contributed by atoms with Crippen LogP contribution in [0.3, 0.4) is 0 Å². The van der Waals surface area contributed by atoms with E-state index in [0.717, 1.165) is 24.6 Å². The fraction of sp³-hybridized carbons (Fsp3) is 0.611. The van der Waals surface area contributed by atoms with Crippen molar-refractivity contribution < 1.29 is 9.50 Å². The van der Waals surface area contributed by atoms with Crippen molar-refractivity contribution in [1.29, 1.82) is 0 Å². The molecule has 0 radical (unpaired) electrons. The molecule has 1 aromatic carbocycles. The molecule has 3 N–H and O–H groups in total. The number of hydrogen-bond acceptors (Lipinski definition) is 3. The molecule has 5 nitrogen and oxygen atoms in total. The largest absolute Gasteiger partial charge is 0.392 e. The molecular weight excluding hydrogens is 307 g/mol. The molecule has 24 heavy (non-hydrogen) atoms. The van der Waals surface area contributed by atoms with Gasteiger partial charge in [0.05, 0.1) is 6.61 Å². The minimum Gasteiger partial charge on any atom is -0.392 e. The van der Waals surface area contributed by atoms with Crippen molar-refractivity contribution in [2.75, 3.05) is 20.1 Å². The van der Waals surface area contributed by atoms with Gasteiger partial charge in [0, 0.05) is 44.3 Å². The van der Waals surface area contributed by atoms with Gasteiger partial charge in [-0.2, -0.15) is 0 Å². The van der Waals surface area contributed by atoms with Gasteiger partial charge in [0.1, 0.15) is 5.82 Å². The van der Waals surface area contributed by atoms with Gasteiger partial charge in [-0.1, -0.05) is 13.0 Å². The maximum absolute atomic E-state index is 13.4. The molecule has 1 aromatic rings. The molecule has 2 atom stereocenters. The summed E-state index contributed by atoms with van der Waals surface area (Å²) in [5.74, 6) is 0.919. The molecule has 0 amide bonds. The Bertz CT molecular complexity index is 576. The van der Waals surface area contributed by atoms with Crippen molar-refractivity contribution in [1.82, 2.24) is 15.5 Å². The van der Waals surface area contributed by atoms with Crippen LogP contribution in [0.4, 0.5) is 4.39 Å². The first-order chi connectivity index (χ1) is 11.4. The highest BCUT2D eigenvalue weighted by Crippen LogP contribution is 2.18. The van der Waals surface area contributed by atoms with Crippen LogP contribution in [-0.2, 0) is 13.2 Å². The third kappa shape index (κ3) is 4.68. The lowest BCUT2D eigenvalue weighted by atomic mass is 10.1. The number of nitrogens with one attached hydrogen (secondary N) is 2. The van der Waals surface area contributed by atoms with Crippen molar-refractivity contribution >= 4 is 5.96 Å². The highest BCUT2D eigenvalue weighted by Gasteiger charge is 2.31. The van der Waals surface area contributed by atoms with Crippen LogP contribution in [0.5, 0.6) is 0 Å². The van der Waals surface area contributed by atoms with Gasteiger partial charge in [0.2, 0.25) is 0 Å². The SMILES string of the molecule is CN=C(NCc1ccc(F)c(CO)c1)NC1CN(C(C)C)CC1C. The Balaban J connectivity index is 1.91. The van der Waals surface area contributed by atoms with E-state index in [1.807, 2.05) is 0 Å². The second-order valence-electron chi connectivity index (χ2n) is 6.79. The fourth-order valence-corrected chi connectivity index (χ4v) is 3.03. The normalized spacial score (nSPS) is 22.2. The smallest absolute Gasteiger partial charge is 0.191 e. The molecule has 0 bridgehead atoms. The summed E-state index contributed by atoms with van der Waals surface area (Å²) in [6.07, 6.45) is 0. The quantitative estimate of drug-likeness (QED) is 0.566. The van der Waals surface area contributed by atoms with Crippen LogP contribution in [-0.4, -0.2) is 48.2 Å². The average molecular weight is 336 g/mol. The molecule has 6 heteroatoms. The van der Waals surface area contributed by atoms with E-state index in [1.54, 1.807) is 19.2 Å². The van der Waals surface area contributed by atoms with Crippen LogP contribution in [0.1, 0.15) is 31.9 Å². The Labute approximate surface area is 144 Å².